The van der Waals surface area contributed by atoms with Gasteiger partial charge in [0.05, 0.1) is 23.9 Å². The normalized spacial score (nSPS) is 13.7. The Kier molecular flexibility index (Phi) is 7.62. The van der Waals surface area contributed by atoms with E-state index in [9.17, 15) is 9.18 Å². The van der Waals surface area contributed by atoms with Gasteiger partial charge in [0.25, 0.3) is 5.91 Å². The van der Waals surface area contributed by atoms with E-state index in [1.165, 1.54) is 24.3 Å². The third-order valence-corrected chi connectivity index (χ3v) is 5.55. The summed E-state index contributed by atoms with van der Waals surface area (Å²) in [5.41, 5.74) is 1.35. The van der Waals surface area contributed by atoms with Crippen LogP contribution in [0.15, 0.2) is 36.4 Å². The maximum atomic E-state index is 13.0. The lowest BCUT2D eigenvalue weighted by Gasteiger charge is -2.29. The van der Waals surface area contributed by atoms with Crippen LogP contribution in [-0.4, -0.2) is 55.8 Å². The summed E-state index contributed by atoms with van der Waals surface area (Å²) in [5.74, 6) is 0.240. The molecule has 0 aliphatic carbocycles. The Hall–Kier alpha value is -1.98. The lowest BCUT2D eigenvalue weighted by molar-refractivity contribution is -0.118. The number of nitrogens with one attached hydrogen (secondary N) is 1. The minimum Gasteiger partial charge on any atom is -0.493 e. The number of methoxy groups -OCH3 is 1. The number of hydrogen-bond acceptors (Lipinski definition) is 5. The largest absolute Gasteiger partial charge is 0.493 e. The third kappa shape index (κ3) is 5.77. The molecular weight excluding hydrogens is 510 g/mol. The molecule has 3 rings (SSSR count). The molecule has 0 atom stereocenters. The maximum absolute atomic E-state index is 13.0. The lowest BCUT2D eigenvalue weighted by atomic mass is 10.1. The van der Waals surface area contributed by atoms with Gasteiger partial charge in [-0.25, -0.2) is 4.39 Å². The van der Waals surface area contributed by atoms with E-state index in [-0.39, 0.29) is 18.3 Å². The fraction of sp³-hybridized carbons (Fsp3) is 0.300. The van der Waals surface area contributed by atoms with E-state index < -0.39 is 0 Å². The van der Waals surface area contributed by atoms with Crippen LogP contribution in [0, 0.1) is 9.39 Å². The lowest BCUT2D eigenvalue weighted by Crippen LogP contribution is -2.40. The van der Waals surface area contributed by atoms with Gasteiger partial charge in [-0.3, -0.25) is 4.79 Å². The first-order valence-corrected chi connectivity index (χ1v) is 10.4. The fourth-order valence-electron chi connectivity index (χ4n) is 2.80. The Labute approximate surface area is 187 Å². The van der Waals surface area contributed by atoms with Gasteiger partial charge in [-0.1, -0.05) is 12.2 Å². The van der Waals surface area contributed by atoms with E-state index in [0.29, 0.717) is 30.4 Å². The van der Waals surface area contributed by atoms with E-state index in [0.717, 1.165) is 27.2 Å². The van der Waals surface area contributed by atoms with Gasteiger partial charge in [-0.15, -0.1) is 0 Å². The van der Waals surface area contributed by atoms with Crippen molar-refractivity contribution in [3.05, 3.63) is 51.3 Å². The van der Waals surface area contributed by atoms with Gasteiger partial charge in [0.1, 0.15) is 10.8 Å². The third-order valence-electron chi connectivity index (χ3n) is 4.25. The maximum Gasteiger partial charge on any atom is 0.262 e. The van der Waals surface area contributed by atoms with Crippen molar-refractivity contribution in [2.75, 3.05) is 45.3 Å². The molecule has 1 amide bonds. The van der Waals surface area contributed by atoms with Gasteiger partial charge in [0.2, 0.25) is 0 Å². The second-order valence-corrected chi connectivity index (χ2v) is 7.79. The molecule has 1 heterocycles. The average Bonchev–Trinajstić information content (AvgIpc) is 2.74. The SMILES string of the molecule is COc1cc(C(=S)N2CCOCC2)cc(I)c1OCC(=O)Nc1ccc(F)cc1. The number of anilines is 1. The first-order valence-electron chi connectivity index (χ1n) is 8.90. The predicted octanol–water partition coefficient (Wildman–Crippen LogP) is 3.46. The molecule has 0 bridgehead atoms. The summed E-state index contributed by atoms with van der Waals surface area (Å²) in [6.45, 7) is 2.59. The number of morpholine rings is 1. The molecule has 2 aromatic carbocycles. The van der Waals surface area contributed by atoms with Crippen molar-refractivity contribution in [1.82, 2.24) is 4.90 Å². The molecule has 1 fully saturated rings. The smallest absolute Gasteiger partial charge is 0.262 e. The highest BCUT2D eigenvalue weighted by molar-refractivity contribution is 14.1. The molecule has 154 valence electrons. The van der Waals surface area contributed by atoms with Gasteiger partial charge in [0, 0.05) is 24.3 Å². The van der Waals surface area contributed by atoms with Crippen molar-refractivity contribution in [3.63, 3.8) is 0 Å². The molecule has 1 aliphatic heterocycles. The summed E-state index contributed by atoms with van der Waals surface area (Å²) < 4.78 is 30.3. The predicted molar refractivity (Wildman–Crippen MR) is 120 cm³/mol. The van der Waals surface area contributed by atoms with E-state index in [1.807, 2.05) is 12.1 Å². The Bertz CT molecular complexity index is 889. The molecule has 0 aromatic heterocycles. The van der Waals surface area contributed by atoms with Crippen LogP contribution in [0.5, 0.6) is 11.5 Å². The molecule has 0 saturated carbocycles. The van der Waals surface area contributed by atoms with Crippen LogP contribution in [0.3, 0.4) is 0 Å². The number of nitrogens with zero attached hydrogens (tertiary/aromatic N) is 1. The second kappa shape index (κ2) is 10.2. The van der Waals surface area contributed by atoms with Crippen LogP contribution in [0.1, 0.15) is 5.56 Å². The summed E-state index contributed by atoms with van der Waals surface area (Å²) in [6, 6.07) is 9.25. The highest BCUT2D eigenvalue weighted by atomic mass is 127. The Morgan fingerprint density at radius 3 is 2.62 bits per heavy atom. The quantitative estimate of drug-likeness (QED) is 0.456. The zero-order valence-corrected chi connectivity index (χ0v) is 18.7. The first kappa shape index (κ1) is 21.7. The fourth-order valence-corrected chi connectivity index (χ4v) is 3.86. The second-order valence-electron chi connectivity index (χ2n) is 6.24. The number of hydrogen-bond donors (Lipinski definition) is 1. The van der Waals surface area contributed by atoms with Gasteiger partial charge >= 0.3 is 0 Å². The van der Waals surface area contributed by atoms with Crippen molar-refractivity contribution in [1.29, 1.82) is 0 Å². The van der Waals surface area contributed by atoms with E-state index in [4.69, 9.17) is 26.4 Å². The number of amides is 1. The van der Waals surface area contributed by atoms with Crippen molar-refractivity contribution < 1.29 is 23.4 Å². The van der Waals surface area contributed by atoms with Crippen LogP contribution >= 0.6 is 34.8 Å². The summed E-state index contributed by atoms with van der Waals surface area (Å²) in [5, 5.41) is 2.66. The molecule has 0 spiro atoms. The number of rotatable bonds is 6. The van der Waals surface area contributed by atoms with Gasteiger partial charge < -0.3 is 24.4 Å². The summed E-state index contributed by atoms with van der Waals surface area (Å²) in [6.07, 6.45) is 0. The Morgan fingerprint density at radius 1 is 1.28 bits per heavy atom. The first-order chi connectivity index (χ1) is 14.0. The molecule has 1 aliphatic rings. The van der Waals surface area contributed by atoms with Crippen LogP contribution < -0.4 is 14.8 Å². The van der Waals surface area contributed by atoms with Crippen LogP contribution in [-0.2, 0) is 9.53 Å². The Balaban J connectivity index is 1.67. The standard InChI is InChI=1S/C20H20FIN2O4S/c1-26-17-11-13(20(29)24-6-8-27-9-7-24)10-16(22)19(17)28-12-18(25)23-15-4-2-14(21)3-5-15/h2-5,10-11H,6-9,12H2,1H3,(H,23,25). The van der Waals surface area contributed by atoms with E-state index >= 15 is 0 Å². The zero-order valence-electron chi connectivity index (χ0n) is 15.7. The van der Waals surface area contributed by atoms with Crippen LogP contribution in [0.25, 0.3) is 0 Å². The number of thiocarbonyl (C=S) groups is 1. The molecule has 9 heteroatoms. The molecule has 1 saturated heterocycles. The molecule has 6 nitrogen and oxygen atoms in total. The Morgan fingerprint density at radius 2 is 1.97 bits per heavy atom. The number of ether oxygens (including phenoxy) is 3. The molecule has 1 N–H and O–H groups in total. The van der Waals surface area contributed by atoms with Crippen molar-refractivity contribution in [3.8, 4) is 11.5 Å². The molecular formula is C20H20FIN2O4S. The van der Waals surface area contributed by atoms with E-state index in [1.54, 1.807) is 7.11 Å². The highest BCUT2D eigenvalue weighted by Crippen LogP contribution is 2.34. The zero-order chi connectivity index (χ0) is 20.8. The van der Waals surface area contributed by atoms with Crippen LogP contribution in [0.2, 0.25) is 0 Å². The number of carbonyl (C=O) groups is 1. The summed E-state index contributed by atoms with van der Waals surface area (Å²) in [4.78, 5) is 15.0. The average molecular weight is 530 g/mol. The molecule has 0 radical (unpaired) electrons. The van der Waals surface area contributed by atoms with Gasteiger partial charge in [-0.2, -0.15) is 0 Å². The number of halogens is 2. The summed E-state index contributed by atoms with van der Waals surface area (Å²) in [7, 11) is 1.54. The molecule has 0 unspecified atom stereocenters. The topological polar surface area (TPSA) is 60.0 Å². The van der Waals surface area contributed by atoms with Crippen LogP contribution in [0.4, 0.5) is 10.1 Å². The number of carbonyl (C=O) groups excluding carboxylic acids is 1. The van der Waals surface area contributed by atoms with Crippen molar-refractivity contribution in [2.45, 2.75) is 0 Å². The van der Waals surface area contributed by atoms with Crippen molar-refractivity contribution in [2.24, 2.45) is 0 Å². The number of benzene rings is 2. The van der Waals surface area contributed by atoms with Crippen molar-refractivity contribution >= 4 is 51.4 Å². The van der Waals surface area contributed by atoms with Gasteiger partial charge in [0.15, 0.2) is 18.1 Å². The van der Waals surface area contributed by atoms with Gasteiger partial charge in [-0.05, 0) is 59.0 Å². The molecule has 2 aromatic rings. The minimum absolute atomic E-state index is 0.211. The highest BCUT2D eigenvalue weighted by Gasteiger charge is 2.19. The minimum atomic E-state index is -0.367. The van der Waals surface area contributed by atoms with E-state index in [2.05, 4.69) is 32.8 Å². The molecule has 29 heavy (non-hydrogen) atoms. The monoisotopic (exact) mass is 530 g/mol. The summed E-state index contributed by atoms with van der Waals surface area (Å²) >= 11 is 7.75.